The molecule has 1 saturated heterocycles. The quantitative estimate of drug-likeness (QED) is 0.725. The summed E-state index contributed by atoms with van der Waals surface area (Å²) in [5.41, 5.74) is 1.88. The molecule has 1 aliphatic heterocycles. The average Bonchev–Trinajstić information content (AvgIpc) is 2.65. The smallest absolute Gasteiger partial charge is 0.399 e. The lowest BCUT2D eigenvalue weighted by atomic mass is 9.73. The molecule has 3 rings (SSSR count). The van der Waals surface area contributed by atoms with Crippen molar-refractivity contribution in [3.8, 4) is 0 Å². The van der Waals surface area contributed by atoms with Crippen molar-refractivity contribution in [1.82, 2.24) is 0 Å². The summed E-state index contributed by atoms with van der Waals surface area (Å²) in [5.74, 6) is 0. The molecule has 1 fully saturated rings. The van der Waals surface area contributed by atoms with Gasteiger partial charge in [-0.05, 0) is 54.9 Å². The second-order valence-electron chi connectivity index (χ2n) is 8.63. The molecule has 0 aromatic heterocycles. The largest absolute Gasteiger partial charge is 0.494 e. The third-order valence-corrected chi connectivity index (χ3v) is 5.22. The first kappa shape index (κ1) is 16.5. The summed E-state index contributed by atoms with van der Waals surface area (Å²) in [6.45, 7) is 15.1. The first-order valence-corrected chi connectivity index (χ1v) is 8.40. The number of hydrogen-bond donors (Lipinski definition) is 0. The Kier molecular flexibility index (Phi) is 3.66. The number of benzene rings is 2. The number of hydrogen-bond acceptors (Lipinski definition) is 2. The molecular formula is C20H27BO2. The predicted octanol–water partition coefficient (Wildman–Crippen LogP) is 4.44. The normalized spacial score (nSPS) is 20.2. The third-order valence-electron chi connectivity index (χ3n) is 5.22. The van der Waals surface area contributed by atoms with Crippen LogP contribution in [-0.4, -0.2) is 18.3 Å². The van der Waals surface area contributed by atoms with Crippen molar-refractivity contribution < 1.29 is 9.31 Å². The molecule has 0 radical (unpaired) electrons. The van der Waals surface area contributed by atoms with E-state index in [2.05, 4.69) is 84.9 Å². The van der Waals surface area contributed by atoms with Crippen LogP contribution in [0, 0.1) is 0 Å². The van der Waals surface area contributed by atoms with E-state index in [0.717, 1.165) is 5.46 Å². The van der Waals surface area contributed by atoms with Crippen LogP contribution < -0.4 is 5.46 Å². The minimum absolute atomic E-state index is 0.0687. The van der Waals surface area contributed by atoms with Crippen molar-refractivity contribution in [1.29, 1.82) is 0 Å². The van der Waals surface area contributed by atoms with Gasteiger partial charge in [-0.25, -0.2) is 0 Å². The van der Waals surface area contributed by atoms with E-state index in [9.17, 15) is 0 Å². The van der Waals surface area contributed by atoms with Gasteiger partial charge in [-0.15, -0.1) is 0 Å². The van der Waals surface area contributed by atoms with Gasteiger partial charge in [-0.3, -0.25) is 0 Å². The van der Waals surface area contributed by atoms with Crippen molar-refractivity contribution in [2.45, 2.75) is 65.1 Å². The zero-order chi connectivity index (χ0) is 17.0. The highest BCUT2D eigenvalue weighted by Gasteiger charge is 2.51. The Morgan fingerprint density at radius 3 is 2.00 bits per heavy atom. The molecule has 0 spiro atoms. The summed E-state index contributed by atoms with van der Waals surface area (Å²) < 4.78 is 12.5. The highest BCUT2D eigenvalue weighted by Crippen LogP contribution is 2.37. The van der Waals surface area contributed by atoms with Crippen LogP contribution in [-0.2, 0) is 14.7 Å². The second-order valence-corrected chi connectivity index (χ2v) is 8.63. The first-order chi connectivity index (χ1) is 10.5. The Morgan fingerprint density at radius 1 is 0.870 bits per heavy atom. The van der Waals surface area contributed by atoms with E-state index in [1.165, 1.54) is 16.3 Å². The van der Waals surface area contributed by atoms with Gasteiger partial charge < -0.3 is 9.31 Å². The van der Waals surface area contributed by atoms with Crippen molar-refractivity contribution in [3.63, 3.8) is 0 Å². The SMILES string of the molecule is CC(C)(C)c1cc(B2OC(C)(C)C(C)(C)O2)cc2ccccc12. The van der Waals surface area contributed by atoms with Crippen LogP contribution >= 0.6 is 0 Å². The third kappa shape index (κ3) is 2.81. The molecule has 2 nitrogen and oxygen atoms in total. The maximum atomic E-state index is 6.24. The van der Waals surface area contributed by atoms with E-state index in [4.69, 9.17) is 9.31 Å². The summed E-state index contributed by atoms with van der Waals surface area (Å²) in [6, 6.07) is 13.0. The van der Waals surface area contributed by atoms with Gasteiger partial charge in [-0.2, -0.15) is 0 Å². The Morgan fingerprint density at radius 2 is 1.43 bits per heavy atom. The van der Waals surface area contributed by atoms with E-state index >= 15 is 0 Å². The van der Waals surface area contributed by atoms with E-state index in [1.807, 2.05) is 0 Å². The summed E-state index contributed by atoms with van der Waals surface area (Å²) in [5, 5.41) is 2.55. The average molecular weight is 310 g/mol. The van der Waals surface area contributed by atoms with E-state index in [-0.39, 0.29) is 23.7 Å². The van der Waals surface area contributed by atoms with Crippen LogP contribution in [0.3, 0.4) is 0 Å². The Bertz CT molecular complexity index is 725. The first-order valence-electron chi connectivity index (χ1n) is 8.40. The number of fused-ring (bicyclic) bond motifs is 1. The fraction of sp³-hybridized carbons (Fsp3) is 0.500. The van der Waals surface area contributed by atoms with Crippen LogP contribution in [0.5, 0.6) is 0 Å². The summed E-state index contributed by atoms with van der Waals surface area (Å²) in [4.78, 5) is 0. The summed E-state index contributed by atoms with van der Waals surface area (Å²) in [6.07, 6.45) is 0. The predicted molar refractivity (Wildman–Crippen MR) is 98.4 cm³/mol. The van der Waals surface area contributed by atoms with Gasteiger partial charge in [0, 0.05) is 0 Å². The maximum absolute atomic E-state index is 6.24. The molecular weight excluding hydrogens is 283 g/mol. The number of rotatable bonds is 1. The molecule has 0 aliphatic carbocycles. The molecule has 0 bridgehead atoms. The van der Waals surface area contributed by atoms with E-state index in [0.29, 0.717) is 0 Å². The molecule has 0 amide bonds. The fourth-order valence-electron chi connectivity index (χ4n) is 3.07. The van der Waals surface area contributed by atoms with Gasteiger partial charge in [-0.1, -0.05) is 57.2 Å². The van der Waals surface area contributed by atoms with Crippen LogP contribution in [0.2, 0.25) is 0 Å². The van der Waals surface area contributed by atoms with Crippen LogP contribution in [0.25, 0.3) is 10.8 Å². The standard InChI is InChI=1S/C20H27BO2/c1-18(2,3)17-13-15(12-14-10-8-9-11-16(14)17)21-22-19(4,5)20(6,7)23-21/h8-13H,1-7H3. The van der Waals surface area contributed by atoms with E-state index in [1.54, 1.807) is 0 Å². The maximum Gasteiger partial charge on any atom is 0.494 e. The van der Waals surface area contributed by atoms with Crippen molar-refractivity contribution in [3.05, 3.63) is 42.0 Å². The van der Waals surface area contributed by atoms with Gasteiger partial charge in [0.1, 0.15) is 0 Å². The minimum Gasteiger partial charge on any atom is -0.399 e. The lowest BCUT2D eigenvalue weighted by Crippen LogP contribution is -2.41. The molecule has 23 heavy (non-hydrogen) atoms. The minimum atomic E-state index is -0.314. The monoisotopic (exact) mass is 310 g/mol. The van der Waals surface area contributed by atoms with Crippen LogP contribution in [0.15, 0.2) is 36.4 Å². The van der Waals surface area contributed by atoms with Gasteiger partial charge in [0.05, 0.1) is 11.2 Å². The van der Waals surface area contributed by atoms with Crippen molar-refractivity contribution in [2.75, 3.05) is 0 Å². The zero-order valence-electron chi connectivity index (χ0n) is 15.4. The Balaban J connectivity index is 2.13. The van der Waals surface area contributed by atoms with Gasteiger partial charge >= 0.3 is 7.12 Å². The summed E-state index contributed by atoms with van der Waals surface area (Å²) >= 11 is 0. The molecule has 1 heterocycles. The van der Waals surface area contributed by atoms with Crippen LogP contribution in [0.1, 0.15) is 54.0 Å². The lowest BCUT2D eigenvalue weighted by Gasteiger charge is -2.32. The fourth-order valence-corrected chi connectivity index (χ4v) is 3.07. The topological polar surface area (TPSA) is 18.5 Å². The van der Waals surface area contributed by atoms with Gasteiger partial charge in [0.2, 0.25) is 0 Å². The lowest BCUT2D eigenvalue weighted by molar-refractivity contribution is 0.00578. The molecule has 3 heteroatoms. The molecule has 0 saturated carbocycles. The molecule has 0 N–H and O–H groups in total. The molecule has 0 unspecified atom stereocenters. The molecule has 1 aliphatic rings. The van der Waals surface area contributed by atoms with Gasteiger partial charge in [0.25, 0.3) is 0 Å². The Labute approximate surface area is 140 Å². The molecule has 122 valence electrons. The highest BCUT2D eigenvalue weighted by molar-refractivity contribution is 6.62. The molecule has 2 aromatic rings. The second kappa shape index (κ2) is 5.09. The summed E-state index contributed by atoms with van der Waals surface area (Å²) in [7, 11) is -0.314. The van der Waals surface area contributed by atoms with E-state index < -0.39 is 0 Å². The molecule has 0 atom stereocenters. The van der Waals surface area contributed by atoms with Crippen molar-refractivity contribution >= 4 is 23.4 Å². The molecule has 2 aromatic carbocycles. The van der Waals surface area contributed by atoms with Gasteiger partial charge in [0.15, 0.2) is 0 Å². The van der Waals surface area contributed by atoms with Crippen LogP contribution in [0.4, 0.5) is 0 Å². The Hall–Kier alpha value is -1.32. The van der Waals surface area contributed by atoms with Crippen molar-refractivity contribution in [2.24, 2.45) is 0 Å². The highest BCUT2D eigenvalue weighted by atomic mass is 16.7. The zero-order valence-corrected chi connectivity index (χ0v) is 15.4.